The first-order chi connectivity index (χ1) is 8.65. The number of benzene rings is 1. The van der Waals surface area contributed by atoms with Crippen molar-refractivity contribution in [1.29, 1.82) is 0 Å². The number of nitrogens with zero attached hydrogens (tertiary/aromatic N) is 3. The average Bonchev–Trinajstić information content (AvgIpc) is 2.81. The highest BCUT2D eigenvalue weighted by molar-refractivity contribution is 7.99. The fourth-order valence-corrected chi connectivity index (χ4v) is 2.14. The van der Waals surface area contributed by atoms with E-state index in [1.165, 1.54) is 34.8 Å². The van der Waals surface area contributed by atoms with E-state index in [1.807, 2.05) is 0 Å². The van der Waals surface area contributed by atoms with Gasteiger partial charge in [0.25, 0.3) is 0 Å². The number of aryl methyl sites for hydroxylation is 1. The summed E-state index contributed by atoms with van der Waals surface area (Å²) < 4.78 is 14.1. The smallest absolute Gasteiger partial charge is 0.358 e. The molecule has 0 saturated heterocycles. The number of thioether (sulfide) groups is 1. The van der Waals surface area contributed by atoms with E-state index in [1.54, 1.807) is 12.1 Å². The molecule has 18 heavy (non-hydrogen) atoms. The molecule has 0 radical (unpaired) electrons. The molecule has 2 rings (SSSR count). The summed E-state index contributed by atoms with van der Waals surface area (Å²) in [5.74, 6) is -0.650. The van der Waals surface area contributed by atoms with Crippen molar-refractivity contribution in [1.82, 2.24) is 15.0 Å². The molecule has 0 atom stereocenters. The summed E-state index contributed by atoms with van der Waals surface area (Å²) in [4.78, 5) is 11.5. The molecule has 1 aromatic heterocycles. The van der Waals surface area contributed by atoms with Gasteiger partial charge in [0, 0.05) is 10.6 Å². The van der Waals surface area contributed by atoms with Gasteiger partial charge in [0.05, 0.1) is 12.7 Å². The van der Waals surface area contributed by atoms with Crippen LogP contribution in [0.1, 0.15) is 10.5 Å². The van der Waals surface area contributed by atoms with E-state index in [4.69, 9.17) is 5.11 Å². The molecule has 0 unspecified atom stereocenters. The number of carboxylic acids is 1. The number of aromatic nitrogens is 3. The number of carboxylic acid groups (broad SMARTS) is 1. The van der Waals surface area contributed by atoms with Crippen molar-refractivity contribution in [2.24, 2.45) is 0 Å². The summed E-state index contributed by atoms with van der Waals surface area (Å²) in [7, 11) is 0. The van der Waals surface area contributed by atoms with Gasteiger partial charge in [0.2, 0.25) is 0 Å². The molecule has 2 aromatic rings. The number of carbonyl (C=O) groups is 1. The van der Waals surface area contributed by atoms with Crippen molar-refractivity contribution >= 4 is 17.7 Å². The normalized spacial score (nSPS) is 10.5. The highest BCUT2D eigenvalue weighted by Gasteiger charge is 2.07. The molecule has 94 valence electrons. The first kappa shape index (κ1) is 12.6. The monoisotopic (exact) mass is 267 g/mol. The Balaban J connectivity index is 1.84. The third-order valence-corrected chi connectivity index (χ3v) is 3.15. The van der Waals surface area contributed by atoms with Gasteiger partial charge in [-0.05, 0) is 24.3 Å². The molecule has 7 heteroatoms. The van der Waals surface area contributed by atoms with Crippen LogP contribution in [0.3, 0.4) is 0 Å². The SMILES string of the molecule is O=C(O)c1cn(CCSc2ccc(F)cc2)nn1. The number of halogens is 1. The van der Waals surface area contributed by atoms with Gasteiger partial charge in [-0.1, -0.05) is 5.21 Å². The van der Waals surface area contributed by atoms with Crippen LogP contribution in [0.2, 0.25) is 0 Å². The zero-order chi connectivity index (χ0) is 13.0. The van der Waals surface area contributed by atoms with E-state index >= 15 is 0 Å². The van der Waals surface area contributed by atoms with E-state index in [-0.39, 0.29) is 11.5 Å². The summed E-state index contributed by atoms with van der Waals surface area (Å²) in [5, 5.41) is 15.9. The topological polar surface area (TPSA) is 68.0 Å². The lowest BCUT2D eigenvalue weighted by atomic mass is 10.4. The predicted octanol–water partition coefficient (Wildman–Crippen LogP) is 1.91. The van der Waals surface area contributed by atoms with Crippen LogP contribution in [0.15, 0.2) is 35.4 Å². The molecular weight excluding hydrogens is 257 g/mol. The molecule has 0 bridgehead atoms. The molecule has 0 aliphatic heterocycles. The van der Waals surface area contributed by atoms with Gasteiger partial charge in [-0.25, -0.2) is 9.18 Å². The summed E-state index contributed by atoms with van der Waals surface area (Å²) in [6.07, 6.45) is 1.38. The zero-order valence-corrected chi connectivity index (χ0v) is 10.1. The van der Waals surface area contributed by atoms with E-state index in [2.05, 4.69) is 10.3 Å². The summed E-state index contributed by atoms with van der Waals surface area (Å²) in [5.41, 5.74) is -0.0678. The van der Waals surface area contributed by atoms with E-state index < -0.39 is 5.97 Å². The van der Waals surface area contributed by atoms with Crippen LogP contribution in [0.25, 0.3) is 0 Å². The van der Waals surface area contributed by atoms with Gasteiger partial charge < -0.3 is 5.11 Å². The van der Waals surface area contributed by atoms with Crippen LogP contribution in [0.4, 0.5) is 4.39 Å². The molecule has 0 amide bonds. The minimum atomic E-state index is -1.09. The van der Waals surface area contributed by atoms with Gasteiger partial charge in [-0.15, -0.1) is 16.9 Å². The second kappa shape index (κ2) is 5.63. The maximum atomic E-state index is 12.7. The molecular formula is C11H10FN3O2S. The number of rotatable bonds is 5. The molecule has 0 fully saturated rings. The second-order valence-electron chi connectivity index (χ2n) is 3.47. The van der Waals surface area contributed by atoms with Crippen LogP contribution < -0.4 is 0 Å². The van der Waals surface area contributed by atoms with Crippen molar-refractivity contribution in [3.63, 3.8) is 0 Å². The molecule has 5 nitrogen and oxygen atoms in total. The third kappa shape index (κ3) is 3.30. The zero-order valence-electron chi connectivity index (χ0n) is 9.28. The van der Waals surface area contributed by atoms with Gasteiger partial charge in [0.1, 0.15) is 5.82 Å². The van der Waals surface area contributed by atoms with Crippen LogP contribution >= 0.6 is 11.8 Å². The Morgan fingerprint density at radius 3 is 2.72 bits per heavy atom. The molecule has 1 N–H and O–H groups in total. The van der Waals surface area contributed by atoms with Crippen LogP contribution in [-0.4, -0.2) is 31.8 Å². The highest BCUT2D eigenvalue weighted by atomic mass is 32.2. The van der Waals surface area contributed by atoms with Gasteiger partial charge in [-0.3, -0.25) is 4.68 Å². The Bertz CT molecular complexity index is 541. The van der Waals surface area contributed by atoms with E-state index in [0.717, 1.165) is 4.90 Å². The third-order valence-electron chi connectivity index (χ3n) is 2.16. The van der Waals surface area contributed by atoms with E-state index in [9.17, 15) is 9.18 Å². The van der Waals surface area contributed by atoms with Crippen LogP contribution in [-0.2, 0) is 6.54 Å². The molecule has 0 spiro atoms. The Morgan fingerprint density at radius 2 is 2.11 bits per heavy atom. The van der Waals surface area contributed by atoms with Crippen LogP contribution in [0, 0.1) is 5.82 Å². The molecule has 1 aromatic carbocycles. The van der Waals surface area contributed by atoms with Gasteiger partial charge in [-0.2, -0.15) is 0 Å². The Hall–Kier alpha value is -1.89. The lowest BCUT2D eigenvalue weighted by Gasteiger charge is -2.01. The summed E-state index contributed by atoms with van der Waals surface area (Å²) in [6, 6.07) is 6.20. The Labute approximate surface area is 107 Å². The largest absolute Gasteiger partial charge is 0.476 e. The Kier molecular flexibility index (Phi) is 3.93. The first-order valence-electron chi connectivity index (χ1n) is 5.17. The molecule has 1 heterocycles. The predicted molar refractivity (Wildman–Crippen MR) is 64.1 cm³/mol. The van der Waals surface area contributed by atoms with Crippen LogP contribution in [0.5, 0.6) is 0 Å². The van der Waals surface area contributed by atoms with Crippen molar-refractivity contribution < 1.29 is 14.3 Å². The fourth-order valence-electron chi connectivity index (χ4n) is 1.29. The maximum Gasteiger partial charge on any atom is 0.358 e. The van der Waals surface area contributed by atoms with Gasteiger partial charge >= 0.3 is 5.97 Å². The van der Waals surface area contributed by atoms with Crippen molar-refractivity contribution in [3.8, 4) is 0 Å². The quantitative estimate of drug-likeness (QED) is 0.838. The van der Waals surface area contributed by atoms with Crippen molar-refractivity contribution in [2.45, 2.75) is 11.4 Å². The lowest BCUT2D eigenvalue weighted by molar-refractivity contribution is 0.0690. The fraction of sp³-hybridized carbons (Fsp3) is 0.182. The lowest BCUT2D eigenvalue weighted by Crippen LogP contribution is -2.01. The summed E-state index contributed by atoms with van der Waals surface area (Å²) >= 11 is 1.54. The minimum Gasteiger partial charge on any atom is -0.476 e. The number of hydrogen-bond donors (Lipinski definition) is 1. The molecule has 0 aliphatic carbocycles. The van der Waals surface area contributed by atoms with Gasteiger partial charge in [0.15, 0.2) is 5.69 Å². The van der Waals surface area contributed by atoms with Crippen molar-refractivity contribution in [3.05, 3.63) is 42.0 Å². The standard InChI is InChI=1S/C11H10FN3O2S/c12-8-1-3-9(4-2-8)18-6-5-15-7-10(11(16)17)13-14-15/h1-4,7H,5-6H2,(H,16,17). The van der Waals surface area contributed by atoms with E-state index in [0.29, 0.717) is 12.3 Å². The Morgan fingerprint density at radius 1 is 1.39 bits per heavy atom. The maximum absolute atomic E-state index is 12.7. The number of hydrogen-bond acceptors (Lipinski definition) is 4. The molecule has 0 aliphatic rings. The number of aromatic carboxylic acids is 1. The minimum absolute atomic E-state index is 0.0678. The average molecular weight is 267 g/mol. The summed E-state index contributed by atoms with van der Waals surface area (Å²) in [6.45, 7) is 0.544. The molecule has 0 saturated carbocycles. The van der Waals surface area contributed by atoms with Crippen molar-refractivity contribution in [2.75, 3.05) is 5.75 Å². The second-order valence-corrected chi connectivity index (χ2v) is 4.64. The first-order valence-corrected chi connectivity index (χ1v) is 6.15. The highest BCUT2D eigenvalue weighted by Crippen LogP contribution is 2.18.